The highest BCUT2D eigenvalue weighted by molar-refractivity contribution is 14.1. The van der Waals surface area contributed by atoms with Crippen molar-refractivity contribution in [2.24, 2.45) is 5.73 Å². The molecule has 1 unspecified atom stereocenters. The lowest BCUT2D eigenvalue weighted by Crippen LogP contribution is -2.34. The molecule has 0 heterocycles. The van der Waals surface area contributed by atoms with Gasteiger partial charge in [-0.2, -0.15) is 0 Å². The van der Waals surface area contributed by atoms with E-state index in [0.717, 1.165) is 9.26 Å². The number of benzene rings is 1. The molecule has 1 amide bonds. The minimum Gasteiger partial charge on any atom is -0.374 e. The number of rotatable bonds is 4. The number of primary amides is 1. The second-order valence-corrected chi connectivity index (χ2v) is 4.26. The third-order valence-electron chi connectivity index (χ3n) is 1.92. The second-order valence-electron chi connectivity index (χ2n) is 3.02. The molecule has 1 atom stereocenters. The Kier molecular flexibility index (Phi) is 4.19. The zero-order valence-corrected chi connectivity index (χ0v) is 10.1. The molecule has 0 saturated heterocycles. The van der Waals surface area contributed by atoms with Gasteiger partial charge in [-0.15, -0.1) is 0 Å². The van der Waals surface area contributed by atoms with Crippen LogP contribution in [0, 0.1) is 3.57 Å². The Balaban J connectivity index is 2.72. The van der Waals surface area contributed by atoms with Crippen molar-refractivity contribution < 1.29 is 4.79 Å². The second kappa shape index (κ2) is 5.19. The van der Waals surface area contributed by atoms with Crippen molar-refractivity contribution in [2.45, 2.75) is 19.4 Å². The Bertz CT molecular complexity index is 328. The lowest BCUT2D eigenvalue weighted by molar-refractivity contribution is -0.118. The Morgan fingerprint density at radius 1 is 1.64 bits per heavy atom. The summed E-state index contributed by atoms with van der Waals surface area (Å²) < 4.78 is 1.13. The zero-order valence-electron chi connectivity index (χ0n) is 7.96. The van der Waals surface area contributed by atoms with E-state index in [1.807, 2.05) is 31.2 Å². The van der Waals surface area contributed by atoms with Gasteiger partial charge in [0.25, 0.3) is 0 Å². The first-order valence-electron chi connectivity index (χ1n) is 4.45. The van der Waals surface area contributed by atoms with Crippen LogP contribution in [-0.2, 0) is 4.79 Å². The molecular formula is C10H13IN2O. The van der Waals surface area contributed by atoms with Crippen LogP contribution >= 0.6 is 22.6 Å². The zero-order chi connectivity index (χ0) is 10.6. The largest absolute Gasteiger partial charge is 0.374 e. The lowest BCUT2D eigenvalue weighted by atomic mass is 10.2. The maximum atomic E-state index is 11.0. The molecule has 0 spiro atoms. The molecular weight excluding hydrogens is 291 g/mol. The molecule has 1 rings (SSSR count). The van der Waals surface area contributed by atoms with Gasteiger partial charge in [-0.1, -0.05) is 13.0 Å². The monoisotopic (exact) mass is 304 g/mol. The van der Waals surface area contributed by atoms with Crippen LogP contribution in [0.15, 0.2) is 24.3 Å². The maximum Gasteiger partial charge on any atom is 0.239 e. The summed E-state index contributed by atoms with van der Waals surface area (Å²) in [7, 11) is 0. The predicted octanol–water partition coefficient (Wildman–Crippen LogP) is 1.97. The number of nitrogens with one attached hydrogen (secondary N) is 1. The van der Waals surface area contributed by atoms with E-state index in [1.54, 1.807) is 0 Å². The van der Waals surface area contributed by atoms with Gasteiger partial charge in [-0.05, 0) is 47.2 Å². The van der Waals surface area contributed by atoms with E-state index in [-0.39, 0.29) is 11.9 Å². The number of nitrogens with two attached hydrogens (primary N) is 1. The Labute approximate surface area is 97.2 Å². The number of amides is 1. The number of hydrogen-bond donors (Lipinski definition) is 2. The first kappa shape index (κ1) is 11.3. The standard InChI is InChI=1S/C10H13IN2O/c1-2-9(10(12)14)13-8-5-3-4-7(11)6-8/h3-6,9,13H,2H2,1H3,(H2,12,14). The molecule has 0 saturated carbocycles. The number of halogens is 1. The molecule has 0 radical (unpaired) electrons. The van der Waals surface area contributed by atoms with E-state index >= 15 is 0 Å². The topological polar surface area (TPSA) is 55.1 Å². The summed E-state index contributed by atoms with van der Waals surface area (Å²) in [5.74, 6) is -0.314. The van der Waals surface area contributed by atoms with E-state index in [0.29, 0.717) is 6.42 Å². The third-order valence-corrected chi connectivity index (χ3v) is 2.59. The summed E-state index contributed by atoms with van der Waals surface area (Å²) in [6.45, 7) is 1.93. The van der Waals surface area contributed by atoms with E-state index in [4.69, 9.17) is 5.73 Å². The van der Waals surface area contributed by atoms with Crippen LogP contribution in [0.25, 0.3) is 0 Å². The molecule has 3 nitrogen and oxygen atoms in total. The van der Waals surface area contributed by atoms with Crippen LogP contribution in [0.1, 0.15) is 13.3 Å². The average Bonchev–Trinajstić information content (AvgIpc) is 2.14. The summed E-state index contributed by atoms with van der Waals surface area (Å²) in [6, 6.07) is 7.56. The molecule has 0 bridgehead atoms. The van der Waals surface area contributed by atoms with Gasteiger partial charge in [0.05, 0.1) is 0 Å². The molecule has 0 aliphatic heterocycles. The van der Waals surface area contributed by atoms with Crippen molar-refractivity contribution in [3.63, 3.8) is 0 Å². The molecule has 1 aromatic carbocycles. The maximum absolute atomic E-state index is 11.0. The average molecular weight is 304 g/mol. The molecule has 0 fully saturated rings. The van der Waals surface area contributed by atoms with Crippen LogP contribution in [0.2, 0.25) is 0 Å². The fraction of sp³-hybridized carbons (Fsp3) is 0.300. The Morgan fingerprint density at radius 2 is 2.36 bits per heavy atom. The third kappa shape index (κ3) is 3.17. The van der Waals surface area contributed by atoms with E-state index in [2.05, 4.69) is 27.9 Å². The highest BCUT2D eigenvalue weighted by atomic mass is 127. The summed E-state index contributed by atoms with van der Waals surface area (Å²) in [5, 5.41) is 3.09. The molecule has 0 aliphatic rings. The molecule has 3 N–H and O–H groups in total. The number of carbonyl (C=O) groups is 1. The van der Waals surface area contributed by atoms with Gasteiger partial charge in [0.15, 0.2) is 0 Å². The van der Waals surface area contributed by atoms with Crippen LogP contribution < -0.4 is 11.1 Å². The van der Waals surface area contributed by atoms with Crippen LogP contribution in [0.3, 0.4) is 0 Å². The van der Waals surface area contributed by atoms with Crippen LogP contribution in [0.5, 0.6) is 0 Å². The van der Waals surface area contributed by atoms with Gasteiger partial charge in [0.1, 0.15) is 6.04 Å². The van der Waals surface area contributed by atoms with Gasteiger partial charge in [-0.25, -0.2) is 0 Å². The fourth-order valence-corrected chi connectivity index (χ4v) is 1.70. The number of carbonyl (C=O) groups excluding carboxylic acids is 1. The summed E-state index contributed by atoms with van der Waals surface area (Å²) >= 11 is 2.23. The van der Waals surface area contributed by atoms with Crippen molar-refractivity contribution in [1.29, 1.82) is 0 Å². The number of anilines is 1. The summed E-state index contributed by atoms with van der Waals surface area (Å²) in [6.07, 6.45) is 0.695. The first-order chi connectivity index (χ1) is 6.63. The van der Waals surface area contributed by atoms with Gasteiger partial charge in [-0.3, -0.25) is 4.79 Å². The minimum absolute atomic E-state index is 0.284. The SMILES string of the molecule is CCC(Nc1cccc(I)c1)C(N)=O. The fourth-order valence-electron chi connectivity index (χ4n) is 1.15. The normalized spacial score (nSPS) is 12.1. The molecule has 14 heavy (non-hydrogen) atoms. The Hall–Kier alpha value is -0.780. The molecule has 76 valence electrons. The lowest BCUT2D eigenvalue weighted by Gasteiger charge is -2.14. The highest BCUT2D eigenvalue weighted by Gasteiger charge is 2.11. The molecule has 0 aromatic heterocycles. The quantitative estimate of drug-likeness (QED) is 0.836. The highest BCUT2D eigenvalue weighted by Crippen LogP contribution is 2.13. The Morgan fingerprint density at radius 3 is 2.86 bits per heavy atom. The van der Waals surface area contributed by atoms with Gasteiger partial charge < -0.3 is 11.1 Å². The molecule has 1 aromatic rings. The summed E-state index contributed by atoms with van der Waals surface area (Å²) in [4.78, 5) is 11.0. The van der Waals surface area contributed by atoms with Crippen molar-refractivity contribution in [1.82, 2.24) is 0 Å². The van der Waals surface area contributed by atoms with Gasteiger partial charge in [0, 0.05) is 9.26 Å². The van der Waals surface area contributed by atoms with Crippen molar-refractivity contribution in [3.8, 4) is 0 Å². The van der Waals surface area contributed by atoms with Crippen LogP contribution in [0.4, 0.5) is 5.69 Å². The molecule has 4 heteroatoms. The number of hydrogen-bond acceptors (Lipinski definition) is 2. The van der Waals surface area contributed by atoms with E-state index < -0.39 is 0 Å². The van der Waals surface area contributed by atoms with E-state index in [1.165, 1.54) is 0 Å². The van der Waals surface area contributed by atoms with E-state index in [9.17, 15) is 4.79 Å². The minimum atomic E-state index is -0.314. The summed E-state index contributed by atoms with van der Waals surface area (Å²) in [5.41, 5.74) is 6.16. The molecule has 0 aliphatic carbocycles. The smallest absolute Gasteiger partial charge is 0.239 e. The van der Waals surface area contributed by atoms with Crippen molar-refractivity contribution in [2.75, 3.05) is 5.32 Å². The first-order valence-corrected chi connectivity index (χ1v) is 5.52. The van der Waals surface area contributed by atoms with Crippen molar-refractivity contribution >= 4 is 34.2 Å². The van der Waals surface area contributed by atoms with Crippen LogP contribution in [-0.4, -0.2) is 11.9 Å². The van der Waals surface area contributed by atoms with Gasteiger partial charge in [0.2, 0.25) is 5.91 Å². The predicted molar refractivity (Wildman–Crippen MR) is 66.1 cm³/mol. The van der Waals surface area contributed by atoms with Crippen molar-refractivity contribution in [3.05, 3.63) is 27.8 Å². The van der Waals surface area contributed by atoms with Gasteiger partial charge >= 0.3 is 0 Å².